The molecule has 0 aromatic heterocycles. The van der Waals surface area contributed by atoms with Gasteiger partial charge in [-0.2, -0.15) is 0 Å². The summed E-state index contributed by atoms with van der Waals surface area (Å²) in [5.41, 5.74) is 0.635. The van der Waals surface area contributed by atoms with Gasteiger partial charge in [0.1, 0.15) is 12.7 Å². The molecule has 0 spiro atoms. The van der Waals surface area contributed by atoms with Crippen molar-refractivity contribution in [2.45, 2.75) is 91.1 Å². The van der Waals surface area contributed by atoms with E-state index in [1.165, 1.54) is 57.8 Å². The topological polar surface area (TPSA) is 35.5 Å². The number of hydrogen-bond donors (Lipinski definition) is 0. The van der Waals surface area contributed by atoms with Crippen molar-refractivity contribution in [3.8, 4) is 0 Å². The Labute approximate surface area is 165 Å². The summed E-state index contributed by atoms with van der Waals surface area (Å²) in [6.45, 7) is 7.48. The fourth-order valence-corrected chi connectivity index (χ4v) is 8.50. The molecule has 27 heavy (non-hydrogen) atoms. The van der Waals surface area contributed by atoms with Gasteiger partial charge in [0.25, 0.3) is 0 Å². The van der Waals surface area contributed by atoms with E-state index in [1.807, 2.05) is 0 Å². The number of ether oxygens (including phenoxy) is 2. The highest BCUT2D eigenvalue weighted by Gasteiger charge is 2.63. The van der Waals surface area contributed by atoms with Crippen LogP contribution in [0.15, 0.2) is 0 Å². The molecule has 0 aromatic carbocycles. The summed E-state index contributed by atoms with van der Waals surface area (Å²) < 4.78 is 11.3. The minimum Gasteiger partial charge on any atom is -0.460 e. The average molecular weight is 377 g/mol. The van der Waals surface area contributed by atoms with E-state index < -0.39 is 0 Å². The Hall–Kier alpha value is -0.570. The van der Waals surface area contributed by atoms with Crippen LogP contribution in [0, 0.1) is 40.4 Å². The highest BCUT2D eigenvalue weighted by atomic mass is 16.6. The third kappa shape index (κ3) is 2.98. The number of rotatable bonds is 4. The molecule has 0 unspecified atom stereocenters. The maximum atomic E-state index is 12.4. The largest absolute Gasteiger partial charge is 0.460 e. The van der Waals surface area contributed by atoms with Crippen molar-refractivity contribution in [2.24, 2.45) is 40.4 Å². The monoisotopic (exact) mass is 376 g/mol. The first-order valence-corrected chi connectivity index (χ1v) is 11.6. The second-order valence-corrected chi connectivity index (χ2v) is 10.6. The lowest BCUT2D eigenvalue weighted by molar-refractivity contribution is -0.194. The lowest BCUT2D eigenvalue weighted by Crippen LogP contribution is -2.58. The third-order valence-electron chi connectivity index (χ3n) is 9.88. The maximum absolute atomic E-state index is 12.4. The molecule has 0 heterocycles. The molecule has 154 valence electrons. The smallest absolute Gasteiger partial charge is 0.332 e. The summed E-state index contributed by atoms with van der Waals surface area (Å²) in [4.78, 5) is 12.4. The number of carbonyl (C=O) groups excluding carboxylic acids is 1. The van der Waals surface area contributed by atoms with E-state index in [0.29, 0.717) is 11.3 Å². The molecule has 3 heteroatoms. The lowest BCUT2D eigenvalue weighted by Gasteiger charge is -2.62. The van der Waals surface area contributed by atoms with Crippen molar-refractivity contribution >= 4 is 5.97 Å². The summed E-state index contributed by atoms with van der Waals surface area (Å²) in [6, 6.07) is 0. The van der Waals surface area contributed by atoms with Gasteiger partial charge in [0.2, 0.25) is 0 Å². The molecule has 0 saturated heterocycles. The molecule has 4 rings (SSSR count). The van der Waals surface area contributed by atoms with Crippen molar-refractivity contribution in [3.05, 3.63) is 0 Å². The minimum absolute atomic E-state index is 0.0800. The molecule has 4 fully saturated rings. The highest BCUT2D eigenvalue weighted by Crippen LogP contribution is 2.68. The Kier molecular flexibility index (Phi) is 5.37. The Bertz CT molecular complexity index is 560. The molecule has 0 aromatic rings. The Morgan fingerprint density at radius 1 is 1.04 bits per heavy atom. The Morgan fingerprint density at radius 2 is 1.85 bits per heavy atom. The van der Waals surface area contributed by atoms with Gasteiger partial charge in [0.05, 0.1) is 0 Å². The minimum atomic E-state index is -0.163. The lowest BCUT2D eigenvalue weighted by atomic mass is 9.44. The molecule has 8 atom stereocenters. The maximum Gasteiger partial charge on any atom is 0.332 e. The second-order valence-electron chi connectivity index (χ2n) is 10.6. The van der Waals surface area contributed by atoms with Crippen LogP contribution in [0.25, 0.3) is 0 Å². The van der Waals surface area contributed by atoms with E-state index in [1.54, 1.807) is 7.11 Å². The van der Waals surface area contributed by atoms with Crippen LogP contribution < -0.4 is 0 Å². The van der Waals surface area contributed by atoms with E-state index in [4.69, 9.17) is 9.47 Å². The fraction of sp³-hybridized carbons (Fsp3) is 0.958. The van der Waals surface area contributed by atoms with Crippen LogP contribution >= 0.6 is 0 Å². The van der Waals surface area contributed by atoms with E-state index in [-0.39, 0.29) is 24.1 Å². The molecule has 0 N–H and O–H groups in total. The summed E-state index contributed by atoms with van der Waals surface area (Å²) in [5.74, 6) is 3.76. The van der Waals surface area contributed by atoms with Gasteiger partial charge in [0.15, 0.2) is 0 Å². The number of fused-ring (bicyclic) bond motifs is 5. The molecule has 3 nitrogen and oxygen atoms in total. The van der Waals surface area contributed by atoms with E-state index >= 15 is 0 Å². The van der Waals surface area contributed by atoms with Gasteiger partial charge in [-0.15, -0.1) is 0 Å². The van der Waals surface area contributed by atoms with Crippen LogP contribution in [0.2, 0.25) is 0 Å². The van der Waals surface area contributed by atoms with Gasteiger partial charge in [-0.25, -0.2) is 4.79 Å². The first-order valence-electron chi connectivity index (χ1n) is 11.6. The summed E-state index contributed by atoms with van der Waals surface area (Å²) >= 11 is 0. The van der Waals surface area contributed by atoms with Gasteiger partial charge < -0.3 is 9.47 Å². The third-order valence-corrected chi connectivity index (χ3v) is 9.88. The van der Waals surface area contributed by atoms with Gasteiger partial charge in [0, 0.05) is 12.5 Å². The van der Waals surface area contributed by atoms with Gasteiger partial charge in [-0.1, -0.05) is 40.0 Å². The summed E-state index contributed by atoms with van der Waals surface area (Å²) in [6.07, 6.45) is 13.5. The predicted molar refractivity (Wildman–Crippen MR) is 107 cm³/mol. The first kappa shape index (κ1) is 19.7. The summed E-state index contributed by atoms with van der Waals surface area (Å²) in [7, 11) is 1.59. The van der Waals surface area contributed by atoms with Gasteiger partial charge >= 0.3 is 5.97 Å². The standard InChI is InChI=1S/C24H40O3/c1-5-16-10-12-19-18-11-9-17-8-6-7-13-23(17,2)20(18)14-21(24(16,19)3)27-22(25)15-26-4/h16-21H,5-15H2,1-4H3/t16-,17+,18-,19-,20-,21-,23-,24+/m0/s1. The quantitative estimate of drug-likeness (QED) is 0.598. The zero-order chi connectivity index (χ0) is 19.2. The second kappa shape index (κ2) is 7.35. The molecule has 0 radical (unpaired) electrons. The van der Waals surface area contributed by atoms with Crippen molar-refractivity contribution in [3.63, 3.8) is 0 Å². The fourth-order valence-electron chi connectivity index (χ4n) is 8.50. The Morgan fingerprint density at radius 3 is 2.59 bits per heavy atom. The van der Waals surface area contributed by atoms with Crippen molar-refractivity contribution in [1.29, 1.82) is 0 Å². The van der Waals surface area contributed by atoms with Crippen molar-refractivity contribution in [2.75, 3.05) is 13.7 Å². The molecule has 4 aliphatic rings. The van der Waals surface area contributed by atoms with Crippen LogP contribution in [0.3, 0.4) is 0 Å². The van der Waals surface area contributed by atoms with Crippen LogP contribution in [0.1, 0.15) is 85.0 Å². The zero-order valence-corrected chi connectivity index (χ0v) is 18.0. The molecule has 0 aliphatic heterocycles. The van der Waals surface area contributed by atoms with E-state index in [9.17, 15) is 4.79 Å². The van der Waals surface area contributed by atoms with Crippen LogP contribution in [-0.2, 0) is 14.3 Å². The molecule has 0 bridgehead atoms. The van der Waals surface area contributed by atoms with Crippen molar-refractivity contribution in [1.82, 2.24) is 0 Å². The van der Waals surface area contributed by atoms with E-state index in [2.05, 4.69) is 20.8 Å². The molecular formula is C24H40O3. The number of methoxy groups -OCH3 is 1. The predicted octanol–water partition coefficient (Wildman–Crippen LogP) is 5.61. The summed E-state index contributed by atoms with van der Waals surface area (Å²) in [5, 5.41) is 0. The molecule has 0 amide bonds. The SMILES string of the molecule is CC[C@H]1CC[C@H]2[C@@H]3CC[C@H]4CCCC[C@]4(C)[C@H]3C[C@H](OC(=O)COC)[C@]12C. The number of carbonyl (C=O) groups is 1. The van der Waals surface area contributed by atoms with Gasteiger partial charge in [-0.05, 0) is 80.0 Å². The molecular weight excluding hydrogens is 336 g/mol. The molecule has 4 aliphatic carbocycles. The van der Waals surface area contributed by atoms with Crippen LogP contribution in [0.4, 0.5) is 0 Å². The molecule has 4 saturated carbocycles. The van der Waals surface area contributed by atoms with E-state index in [0.717, 1.165) is 30.1 Å². The van der Waals surface area contributed by atoms with Gasteiger partial charge in [-0.3, -0.25) is 0 Å². The average Bonchev–Trinajstić information content (AvgIpc) is 3.00. The number of esters is 1. The van der Waals surface area contributed by atoms with Crippen molar-refractivity contribution < 1.29 is 14.3 Å². The number of hydrogen-bond acceptors (Lipinski definition) is 3. The van der Waals surface area contributed by atoms with Crippen LogP contribution in [-0.4, -0.2) is 25.8 Å². The Balaban J connectivity index is 1.66. The first-order chi connectivity index (χ1) is 12.9. The van der Waals surface area contributed by atoms with Crippen LogP contribution in [0.5, 0.6) is 0 Å². The normalized spacial score (nSPS) is 49.0. The zero-order valence-electron chi connectivity index (χ0n) is 18.0. The highest BCUT2D eigenvalue weighted by molar-refractivity contribution is 5.71.